The van der Waals surface area contributed by atoms with E-state index in [1.54, 1.807) is 23.1 Å². The Hall–Kier alpha value is -2.44. The second kappa shape index (κ2) is 7.43. The van der Waals surface area contributed by atoms with Crippen molar-refractivity contribution in [3.05, 3.63) is 23.8 Å². The molecule has 7 heteroatoms. The van der Waals surface area contributed by atoms with Crippen LogP contribution in [0.1, 0.15) is 50.4 Å². The molecule has 1 unspecified atom stereocenters. The third kappa shape index (κ3) is 4.39. The van der Waals surface area contributed by atoms with Crippen molar-refractivity contribution < 1.29 is 23.8 Å². The third-order valence-corrected chi connectivity index (χ3v) is 4.39. The lowest BCUT2D eigenvalue weighted by Crippen LogP contribution is -2.50. The van der Waals surface area contributed by atoms with E-state index in [1.807, 2.05) is 20.8 Å². The van der Waals surface area contributed by atoms with Crippen molar-refractivity contribution in [1.82, 2.24) is 10.2 Å². The minimum absolute atomic E-state index is 0.0587. The molecule has 2 amide bonds. The van der Waals surface area contributed by atoms with Crippen LogP contribution in [-0.4, -0.2) is 48.4 Å². The number of carbonyl (C=O) groups excluding carboxylic acids is 2. The average Bonchev–Trinajstić information content (AvgIpc) is 3.06. The van der Waals surface area contributed by atoms with Gasteiger partial charge in [0.05, 0.1) is 6.04 Å². The first-order valence-corrected chi connectivity index (χ1v) is 9.01. The van der Waals surface area contributed by atoms with Gasteiger partial charge in [0.15, 0.2) is 11.5 Å². The predicted molar refractivity (Wildman–Crippen MR) is 95.5 cm³/mol. The van der Waals surface area contributed by atoms with Gasteiger partial charge >= 0.3 is 6.09 Å². The van der Waals surface area contributed by atoms with Crippen molar-refractivity contribution in [1.29, 1.82) is 0 Å². The molecule has 2 aliphatic heterocycles. The second-order valence-electron chi connectivity index (χ2n) is 7.60. The molecule has 1 fully saturated rings. The number of benzene rings is 1. The maximum atomic E-state index is 12.5. The number of rotatable bonds is 3. The van der Waals surface area contributed by atoms with E-state index in [9.17, 15) is 9.59 Å². The molecular formula is C19H26N2O5. The smallest absolute Gasteiger partial charge is 0.410 e. The number of likely N-dealkylation sites (tertiary alicyclic amines) is 1. The summed E-state index contributed by atoms with van der Waals surface area (Å²) in [6.45, 7) is 6.78. The molecule has 0 aromatic heterocycles. The normalized spacial score (nSPS) is 19.2. The van der Waals surface area contributed by atoms with E-state index in [-0.39, 0.29) is 24.8 Å². The molecule has 0 bridgehead atoms. The van der Waals surface area contributed by atoms with Crippen LogP contribution in [0.3, 0.4) is 0 Å². The van der Waals surface area contributed by atoms with E-state index in [0.717, 1.165) is 19.3 Å². The lowest BCUT2D eigenvalue weighted by Gasteiger charge is -2.36. The molecule has 2 heterocycles. The highest BCUT2D eigenvalue weighted by Crippen LogP contribution is 2.32. The Morgan fingerprint density at radius 1 is 1.23 bits per heavy atom. The zero-order valence-corrected chi connectivity index (χ0v) is 15.5. The highest BCUT2D eigenvalue weighted by atomic mass is 16.7. The molecule has 1 N–H and O–H groups in total. The Bertz CT molecular complexity index is 683. The van der Waals surface area contributed by atoms with Crippen LogP contribution in [0.15, 0.2) is 18.2 Å². The minimum Gasteiger partial charge on any atom is -0.454 e. The van der Waals surface area contributed by atoms with E-state index in [1.165, 1.54) is 0 Å². The van der Waals surface area contributed by atoms with Crippen molar-refractivity contribution in [2.75, 3.05) is 19.9 Å². The SMILES string of the molecule is CC(C)(C)OC(=O)N1CCCCC1CNC(=O)c1ccc2c(c1)OCO2. The van der Waals surface area contributed by atoms with Crippen LogP contribution in [0.25, 0.3) is 0 Å². The van der Waals surface area contributed by atoms with Crippen LogP contribution in [0.4, 0.5) is 4.79 Å². The first kappa shape index (κ1) is 18.4. The summed E-state index contributed by atoms with van der Waals surface area (Å²) in [5, 5.41) is 2.92. The van der Waals surface area contributed by atoms with Gasteiger partial charge in [-0.1, -0.05) is 0 Å². The number of hydrogen-bond acceptors (Lipinski definition) is 5. The van der Waals surface area contributed by atoms with Crippen LogP contribution in [0.5, 0.6) is 11.5 Å². The van der Waals surface area contributed by atoms with E-state index in [0.29, 0.717) is 30.2 Å². The standard InChI is InChI=1S/C19H26N2O5/c1-19(2,3)26-18(23)21-9-5-4-6-14(21)11-20-17(22)13-7-8-15-16(10-13)25-12-24-15/h7-8,10,14H,4-6,9,11-12H2,1-3H3,(H,20,22). The van der Waals surface area contributed by atoms with E-state index < -0.39 is 5.60 Å². The van der Waals surface area contributed by atoms with Gasteiger partial charge in [-0.2, -0.15) is 0 Å². The number of fused-ring (bicyclic) bond motifs is 1. The van der Waals surface area contributed by atoms with E-state index in [2.05, 4.69) is 5.32 Å². The van der Waals surface area contributed by atoms with E-state index in [4.69, 9.17) is 14.2 Å². The summed E-state index contributed by atoms with van der Waals surface area (Å²) in [5.74, 6) is 1.02. The van der Waals surface area contributed by atoms with Gasteiger partial charge in [-0.15, -0.1) is 0 Å². The topological polar surface area (TPSA) is 77.1 Å². The summed E-state index contributed by atoms with van der Waals surface area (Å²) in [7, 11) is 0. The average molecular weight is 362 g/mol. The summed E-state index contributed by atoms with van der Waals surface area (Å²) >= 11 is 0. The van der Waals surface area contributed by atoms with Crippen LogP contribution in [0.2, 0.25) is 0 Å². The molecule has 0 radical (unpaired) electrons. The van der Waals surface area contributed by atoms with Gasteiger partial charge < -0.3 is 24.4 Å². The van der Waals surface area contributed by atoms with Gasteiger partial charge in [0.1, 0.15) is 5.60 Å². The number of piperidine rings is 1. The third-order valence-electron chi connectivity index (χ3n) is 4.39. The van der Waals surface area contributed by atoms with Crippen molar-refractivity contribution in [2.45, 2.75) is 51.7 Å². The predicted octanol–water partition coefficient (Wildman–Crippen LogP) is 2.93. The van der Waals surface area contributed by atoms with Crippen molar-refractivity contribution in [3.63, 3.8) is 0 Å². The Kier molecular flexibility index (Phi) is 5.25. The molecule has 7 nitrogen and oxygen atoms in total. The molecule has 0 aliphatic carbocycles. The Balaban J connectivity index is 1.59. The van der Waals surface area contributed by atoms with Gasteiger partial charge in [-0.05, 0) is 58.2 Å². The van der Waals surface area contributed by atoms with Crippen LogP contribution < -0.4 is 14.8 Å². The molecule has 1 saturated heterocycles. The lowest BCUT2D eigenvalue weighted by molar-refractivity contribution is 0.00986. The monoisotopic (exact) mass is 362 g/mol. The van der Waals surface area contributed by atoms with Crippen molar-refractivity contribution >= 4 is 12.0 Å². The summed E-state index contributed by atoms with van der Waals surface area (Å²) in [6.07, 6.45) is 2.51. The van der Waals surface area contributed by atoms with Gasteiger partial charge in [-0.25, -0.2) is 4.79 Å². The number of ether oxygens (including phenoxy) is 3. The van der Waals surface area contributed by atoms with Crippen molar-refractivity contribution in [3.8, 4) is 11.5 Å². The number of nitrogens with one attached hydrogen (secondary N) is 1. The second-order valence-corrected chi connectivity index (χ2v) is 7.60. The fourth-order valence-corrected chi connectivity index (χ4v) is 3.12. The van der Waals surface area contributed by atoms with Gasteiger partial charge in [-0.3, -0.25) is 4.79 Å². The highest BCUT2D eigenvalue weighted by molar-refractivity contribution is 5.95. The first-order chi connectivity index (χ1) is 12.3. The summed E-state index contributed by atoms with van der Waals surface area (Å²) in [4.78, 5) is 26.6. The van der Waals surface area contributed by atoms with Crippen LogP contribution in [-0.2, 0) is 4.74 Å². The quantitative estimate of drug-likeness (QED) is 0.895. The summed E-state index contributed by atoms with van der Waals surface area (Å²) in [5.41, 5.74) is -0.0247. The van der Waals surface area contributed by atoms with Crippen LogP contribution >= 0.6 is 0 Å². The highest BCUT2D eigenvalue weighted by Gasteiger charge is 2.30. The summed E-state index contributed by atoms with van der Waals surface area (Å²) < 4.78 is 16.1. The van der Waals surface area contributed by atoms with Crippen LogP contribution in [0, 0.1) is 0 Å². The fourth-order valence-electron chi connectivity index (χ4n) is 3.12. The van der Waals surface area contributed by atoms with Gasteiger partial charge in [0, 0.05) is 18.7 Å². The molecule has 26 heavy (non-hydrogen) atoms. The Labute approximate surface area is 153 Å². The zero-order chi connectivity index (χ0) is 18.7. The maximum absolute atomic E-state index is 12.5. The molecule has 0 spiro atoms. The number of amides is 2. The number of carbonyl (C=O) groups is 2. The molecule has 2 aliphatic rings. The van der Waals surface area contributed by atoms with Gasteiger partial charge in [0.2, 0.25) is 6.79 Å². The molecule has 1 aromatic carbocycles. The molecule has 1 atom stereocenters. The maximum Gasteiger partial charge on any atom is 0.410 e. The zero-order valence-electron chi connectivity index (χ0n) is 15.5. The van der Waals surface area contributed by atoms with E-state index >= 15 is 0 Å². The Morgan fingerprint density at radius 3 is 2.77 bits per heavy atom. The molecule has 142 valence electrons. The number of hydrogen-bond donors (Lipinski definition) is 1. The molecule has 3 rings (SSSR count). The minimum atomic E-state index is -0.533. The number of nitrogens with zero attached hydrogens (tertiary/aromatic N) is 1. The lowest BCUT2D eigenvalue weighted by atomic mass is 10.0. The summed E-state index contributed by atoms with van der Waals surface area (Å²) in [6, 6.07) is 5.04. The first-order valence-electron chi connectivity index (χ1n) is 9.01. The largest absolute Gasteiger partial charge is 0.454 e. The van der Waals surface area contributed by atoms with Crippen molar-refractivity contribution in [2.24, 2.45) is 0 Å². The van der Waals surface area contributed by atoms with Gasteiger partial charge in [0.25, 0.3) is 5.91 Å². The Morgan fingerprint density at radius 2 is 2.00 bits per heavy atom. The molecule has 1 aromatic rings. The molecular weight excluding hydrogens is 336 g/mol. The molecule has 0 saturated carbocycles. The fraction of sp³-hybridized carbons (Fsp3) is 0.579.